The predicted octanol–water partition coefficient (Wildman–Crippen LogP) is 0.547. The molecule has 7 heteroatoms. The van der Waals surface area contributed by atoms with Crippen molar-refractivity contribution in [2.24, 2.45) is 5.73 Å². The number of aliphatic carboxylic acids is 1. The predicted molar refractivity (Wildman–Crippen MR) is 71.4 cm³/mol. The summed E-state index contributed by atoms with van der Waals surface area (Å²) in [6, 6.07) is 6.50. The minimum Gasteiger partial charge on any atom is -0.481 e. The number of nitrogens with two attached hydrogens (primary N) is 1. The molecule has 0 aliphatic heterocycles. The first-order valence-corrected chi connectivity index (χ1v) is 5.56. The third-order valence-corrected chi connectivity index (χ3v) is 2.14. The van der Waals surface area contributed by atoms with Crippen molar-refractivity contribution in [2.75, 3.05) is 11.9 Å². The summed E-state index contributed by atoms with van der Waals surface area (Å²) < 4.78 is 0. The maximum atomic E-state index is 11.6. The van der Waals surface area contributed by atoms with Crippen molar-refractivity contribution < 1.29 is 14.7 Å². The van der Waals surface area contributed by atoms with Crippen LogP contribution in [0.15, 0.2) is 24.3 Å². The molecule has 1 amide bonds. The molecular weight excluding hydrogens is 254 g/mol. The van der Waals surface area contributed by atoms with Gasteiger partial charge in [-0.3, -0.25) is 9.59 Å². The second-order valence-electron chi connectivity index (χ2n) is 3.47. The van der Waals surface area contributed by atoms with Crippen molar-refractivity contribution in [1.82, 2.24) is 5.32 Å². The molecule has 0 unspecified atom stereocenters. The van der Waals surface area contributed by atoms with Crippen LogP contribution in [0.25, 0.3) is 0 Å². The Morgan fingerprint density at radius 1 is 1.28 bits per heavy atom. The van der Waals surface area contributed by atoms with Gasteiger partial charge in [0.25, 0.3) is 5.91 Å². The molecule has 0 aliphatic rings. The van der Waals surface area contributed by atoms with Gasteiger partial charge in [-0.1, -0.05) is 0 Å². The number of nitrogens with one attached hydrogen (secondary N) is 2. The maximum Gasteiger partial charge on any atom is 0.305 e. The molecule has 0 aromatic heterocycles. The number of anilines is 1. The van der Waals surface area contributed by atoms with E-state index >= 15 is 0 Å². The molecule has 0 atom stereocenters. The minimum absolute atomic E-state index is 0.0983. The van der Waals surface area contributed by atoms with Crippen LogP contribution in [0.4, 0.5) is 5.69 Å². The molecule has 1 aromatic carbocycles. The molecule has 0 saturated heterocycles. The summed E-state index contributed by atoms with van der Waals surface area (Å²) >= 11 is 4.68. The van der Waals surface area contributed by atoms with Gasteiger partial charge in [0.05, 0.1) is 6.42 Å². The van der Waals surface area contributed by atoms with Gasteiger partial charge in [-0.25, -0.2) is 0 Å². The molecule has 1 aromatic rings. The molecule has 0 bridgehead atoms. The van der Waals surface area contributed by atoms with Crippen molar-refractivity contribution in [1.29, 1.82) is 0 Å². The maximum absolute atomic E-state index is 11.6. The lowest BCUT2D eigenvalue weighted by Crippen LogP contribution is -2.26. The Morgan fingerprint density at radius 2 is 1.89 bits per heavy atom. The molecule has 6 nitrogen and oxygen atoms in total. The van der Waals surface area contributed by atoms with E-state index in [2.05, 4.69) is 22.9 Å². The van der Waals surface area contributed by atoms with Crippen molar-refractivity contribution in [2.45, 2.75) is 6.42 Å². The highest BCUT2D eigenvalue weighted by Gasteiger charge is 2.05. The summed E-state index contributed by atoms with van der Waals surface area (Å²) in [6.45, 7) is 0.0983. The van der Waals surface area contributed by atoms with Crippen LogP contribution in [0.1, 0.15) is 16.8 Å². The second kappa shape index (κ2) is 6.55. The number of rotatable bonds is 5. The van der Waals surface area contributed by atoms with Crippen LogP contribution in [0, 0.1) is 0 Å². The molecule has 1 rings (SSSR count). The van der Waals surface area contributed by atoms with E-state index in [1.165, 1.54) is 0 Å². The Balaban J connectivity index is 2.53. The number of carbonyl (C=O) groups is 2. The molecule has 0 saturated carbocycles. The number of thiocarbonyl (C=S) groups is 1. The van der Waals surface area contributed by atoms with Crippen molar-refractivity contribution in [3.63, 3.8) is 0 Å². The van der Waals surface area contributed by atoms with Crippen molar-refractivity contribution in [3.8, 4) is 0 Å². The monoisotopic (exact) mass is 267 g/mol. The molecule has 0 heterocycles. The average molecular weight is 267 g/mol. The van der Waals surface area contributed by atoms with Crippen LogP contribution < -0.4 is 16.4 Å². The summed E-state index contributed by atoms with van der Waals surface area (Å²) in [5, 5.41) is 13.8. The molecule has 5 N–H and O–H groups in total. The fraction of sp³-hybridized carbons (Fsp3) is 0.182. The normalized spacial score (nSPS) is 9.56. The lowest BCUT2D eigenvalue weighted by Gasteiger charge is -2.06. The van der Waals surface area contributed by atoms with E-state index < -0.39 is 5.97 Å². The van der Waals surface area contributed by atoms with Gasteiger partial charge in [-0.15, -0.1) is 0 Å². The summed E-state index contributed by atoms with van der Waals surface area (Å²) in [5.74, 6) is -1.27. The van der Waals surface area contributed by atoms with Gasteiger partial charge in [0, 0.05) is 17.8 Å². The zero-order valence-electron chi connectivity index (χ0n) is 9.47. The SMILES string of the molecule is NC(=S)Nc1ccc(C(=O)NCCC(=O)O)cc1. The van der Waals surface area contributed by atoms with Gasteiger partial charge in [0.2, 0.25) is 0 Å². The number of carbonyl (C=O) groups excluding carboxylic acids is 1. The van der Waals surface area contributed by atoms with Gasteiger partial charge in [-0.2, -0.15) is 0 Å². The van der Waals surface area contributed by atoms with E-state index in [0.29, 0.717) is 11.3 Å². The first kappa shape index (κ1) is 13.9. The Morgan fingerprint density at radius 3 is 2.39 bits per heavy atom. The summed E-state index contributed by atoms with van der Waals surface area (Å²) in [4.78, 5) is 21.9. The van der Waals surface area contributed by atoms with Crippen molar-refractivity contribution >= 4 is 34.9 Å². The Kier molecular flexibility index (Phi) is 5.06. The largest absolute Gasteiger partial charge is 0.481 e. The van der Waals surface area contributed by atoms with Crippen LogP contribution in [-0.4, -0.2) is 28.6 Å². The van der Waals surface area contributed by atoms with Gasteiger partial charge < -0.3 is 21.5 Å². The fourth-order valence-corrected chi connectivity index (χ4v) is 1.35. The van der Waals surface area contributed by atoms with E-state index in [9.17, 15) is 9.59 Å². The highest BCUT2D eigenvalue weighted by atomic mass is 32.1. The molecule has 18 heavy (non-hydrogen) atoms. The lowest BCUT2D eigenvalue weighted by atomic mass is 10.2. The number of carboxylic acid groups (broad SMARTS) is 1. The molecule has 0 spiro atoms. The highest BCUT2D eigenvalue weighted by Crippen LogP contribution is 2.09. The van der Waals surface area contributed by atoms with Crippen LogP contribution in [0.2, 0.25) is 0 Å². The van der Waals surface area contributed by atoms with E-state index in [1.54, 1.807) is 24.3 Å². The third kappa shape index (κ3) is 4.79. The van der Waals surface area contributed by atoms with Gasteiger partial charge in [0.15, 0.2) is 5.11 Å². The summed E-state index contributed by atoms with van der Waals surface area (Å²) in [7, 11) is 0. The fourth-order valence-electron chi connectivity index (χ4n) is 1.23. The smallest absolute Gasteiger partial charge is 0.305 e. The van der Waals surface area contributed by atoms with Crippen molar-refractivity contribution in [3.05, 3.63) is 29.8 Å². The topological polar surface area (TPSA) is 104 Å². The lowest BCUT2D eigenvalue weighted by molar-refractivity contribution is -0.136. The molecule has 0 radical (unpaired) electrons. The zero-order chi connectivity index (χ0) is 13.5. The Bertz CT molecular complexity index is 459. The Labute approximate surface area is 109 Å². The minimum atomic E-state index is -0.952. The van der Waals surface area contributed by atoms with Crippen LogP contribution >= 0.6 is 12.2 Å². The van der Waals surface area contributed by atoms with E-state index in [1.807, 2.05) is 0 Å². The van der Waals surface area contributed by atoms with E-state index in [-0.39, 0.29) is 24.0 Å². The van der Waals surface area contributed by atoms with E-state index in [0.717, 1.165) is 0 Å². The second-order valence-corrected chi connectivity index (χ2v) is 3.91. The standard InChI is InChI=1S/C11H13N3O3S/c12-11(18)14-8-3-1-7(2-4-8)10(17)13-6-5-9(15)16/h1-4H,5-6H2,(H,13,17)(H,15,16)(H3,12,14,18). The number of amides is 1. The van der Waals surface area contributed by atoms with Gasteiger partial charge in [-0.05, 0) is 36.5 Å². The molecule has 96 valence electrons. The van der Waals surface area contributed by atoms with Gasteiger partial charge in [0.1, 0.15) is 0 Å². The highest BCUT2D eigenvalue weighted by molar-refractivity contribution is 7.80. The number of benzene rings is 1. The number of hydrogen-bond acceptors (Lipinski definition) is 3. The van der Waals surface area contributed by atoms with Crippen LogP contribution in [0.5, 0.6) is 0 Å². The Hall–Kier alpha value is -2.15. The number of carboxylic acids is 1. The average Bonchev–Trinajstić information content (AvgIpc) is 2.28. The number of hydrogen-bond donors (Lipinski definition) is 4. The molecule has 0 fully saturated rings. The third-order valence-electron chi connectivity index (χ3n) is 2.04. The molecule has 0 aliphatic carbocycles. The first-order valence-electron chi connectivity index (χ1n) is 5.15. The van der Waals surface area contributed by atoms with Crippen LogP contribution in [0.3, 0.4) is 0 Å². The van der Waals surface area contributed by atoms with Crippen LogP contribution in [-0.2, 0) is 4.79 Å². The van der Waals surface area contributed by atoms with Gasteiger partial charge >= 0.3 is 5.97 Å². The first-order chi connectivity index (χ1) is 8.49. The summed E-state index contributed by atoms with van der Waals surface area (Å²) in [6.07, 6.45) is -0.104. The zero-order valence-corrected chi connectivity index (χ0v) is 10.3. The van der Waals surface area contributed by atoms with E-state index in [4.69, 9.17) is 10.8 Å². The summed E-state index contributed by atoms with van der Waals surface area (Å²) in [5.41, 5.74) is 6.43. The molecular formula is C11H13N3O3S. The quantitative estimate of drug-likeness (QED) is 0.581.